The van der Waals surface area contributed by atoms with Crippen molar-refractivity contribution in [2.45, 2.75) is 26.8 Å². The average Bonchev–Trinajstić information content (AvgIpc) is 2.49. The highest BCUT2D eigenvalue weighted by atomic mass is 35.5. The lowest BCUT2D eigenvalue weighted by molar-refractivity contribution is -0.115. The zero-order valence-electron chi connectivity index (χ0n) is 12.1. The zero-order valence-corrected chi connectivity index (χ0v) is 12.9. The van der Waals surface area contributed by atoms with Crippen molar-refractivity contribution in [2.24, 2.45) is 0 Å². The minimum Gasteiger partial charge on any atom is -0.378 e. The third-order valence-electron chi connectivity index (χ3n) is 3.00. The number of hydrogen-bond acceptors (Lipinski definition) is 3. The minimum atomic E-state index is -0.0246. The van der Waals surface area contributed by atoms with Crippen LogP contribution in [0.2, 0.25) is 5.02 Å². The van der Waals surface area contributed by atoms with Crippen molar-refractivity contribution in [3.05, 3.63) is 52.8 Å². The maximum atomic E-state index is 11.4. The maximum absolute atomic E-state index is 11.4. The Morgan fingerprint density at radius 3 is 2.76 bits per heavy atom. The van der Waals surface area contributed by atoms with E-state index in [1.165, 1.54) is 0 Å². The van der Waals surface area contributed by atoms with E-state index in [0.29, 0.717) is 18.0 Å². The van der Waals surface area contributed by atoms with Crippen LogP contribution in [0.3, 0.4) is 0 Å². The third kappa shape index (κ3) is 4.46. The van der Waals surface area contributed by atoms with E-state index in [-0.39, 0.29) is 5.91 Å². The van der Waals surface area contributed by atoms with Gasteiger partial charge in [0.1, 0.15) is 0 Å². The Balaban J connectivity index is 2.06. The van der Waals surface area contributed by atoms with Crippen LogP contribution in [0.4, 0.5) is 11.4 Å². The van der Waals surface area contributed by atoms with Crippen LogP contribution in [0.15, 0.2) is 36.5 Å². The first-order chi connectivity index (χ1) is 10.1. The number of benzene rings is 1. The summed E-state index contributed by atoms with van der Waals surface area (Å²) in [6.07, 6.45) is 2.27. The number of nitrogens with one attached hydrogen (secondary N) is 2. The van der Waals surface area contributed by atoms with Crippen LogP contribution in [0.5, 0.6) is 0 Å². The second-order valence-corrected chi connectivity index (χ2v) is 5.18. The molecule has 21 heavy (non-hydrogen) atoms. The highest BCUT2D eigenvalue weighted by Gasteiger charge is 2.05. The van der Waals surface area contributed by atoms with Gasteiger partial charge in [0.15, 0.2) is 0 Å². The van der Waals surface area contributed by atoms with E-state index in [0.717, 1.165) is 22.6 Å². The highest BCUT2D eigenvalue weighted by Crippen LogP contribution is 2.26. The average molecular weight is 304 g/mol. The van der Waals surface area contributed by atoms with E-state index in [4.69, 9.17) is 11.6 Å². The van der Waals surface area contributed by atoms with E-state index in [1.807, 2.05) is 38.2 Å². The minimum absolute atomic E-state index is 0.0246. The van der Waals surface area contributed by atoms with E-state index in [9.17, 15) is 4.79 Å². The van der Waals surface area contributed by atoms with E-state index < -0.39 is 0 Å². The first-order valence-corrected chi connectivity index (χ1v) is 7.21. The number of aryl methyl sites for hydroxylation is 1. The second-order valence-electron chi connectivity index (χ2n) is 4.78. The number of carbonyl (C=O) groups is 1. The Kier molecular flexibility index (Phi) is 5.17. The molecule has 0 atom stereocenters. The summed E-state index contributed by atoms with van der Waals surface area (Å²) in [6.45, 7) is 4.39. The Morgan fingerprint density at radius 2 is 2.10 bits per heavy atom. The van der Waals surface area contributed by atoms with Gasteiger partial charge in [-0.2, -0.15) is 0 Å². The molecule has 0 aliphatic carbocycles. The number of aromatic nitrogens is 1. The van der Waals surface area contributed by atoms with Crippen LogP contribution in [0.1, 0.15) is 24.6 Å². The summed E-state index contributed by atoms with van der Waals surface area (Å²) in [4.78, 5) is 15.7. The van der Waals surface area contributed by atoms with Crippen LogP contribution in [-0.4, -0.2) is 10.9 Å². The summed E-state index contributed by atoms with van der Waals surface area (Å²) < 4.78 is 0. The molecule has 1 aromatic carbocycles. The molecular weight excluding hydrogens is 286 g/mol. The van der Waals surface area contributed by atoms with E-state index in [1.54, 1.807) is 12.1 Å². The number of rotatable bonds is 5. The van der Waals surface area contributed by atoms with Crippen LogP contribution < -0.4 is 10.6 Å². The monoisotopic (exact) mass is 303 g/mol. The van der Waals surface area contributed by atoms with Crippen molar-refractivity contribution in [3.63, 3.8) is 0 Å². The number of hydrogen-bond donors (Lipinski definition) is 2. The molecule has 1 aromatic heterocycles. The van der Waals surface area contributed by atoms with Gasteiger partial charge in [0.05, 0.1) is 22.9 Å². The molecule has 2 rings (SSSR count). The van der Waals surface area contributed by atoms with Gasteiger partial charge in [0.25, 0.3) is 0 Å². The molecule has 0 fully saturated rings. The molecule has 0 unspecified atom stereocenters. The van der Waals surface area contributed by atoms with Gasteiger partial charge < -0.3 is 10.6 Å². The van der Waals surface area contributed by atoms with Gasteiger partial charge in [0, 0.05) is 18.3 Å². The lowest BCUT2D eigenvalue weighted by atomic mass is 10.2. The Labute approximate surface area is 129 Å². The van der Waals surface area contributed by atoms with Gasteiger partial charge in [0.2, 0.25) is 5.91 Å². The first-order valence-electron chi connectivity index (χ1n) is 6.83. The summed E-state index contributed by atoms with van der Waals surface area (Å²) in [5.74, 6) is -0.0246. The Hall–Kier alpha value is -2.07. The number of amides is 1. The summed E-state index contributed by atoms with van der Waals surface area (Å²) in [6, 6.07) is 9.36. The number of carbonyl (C=O) groups excluding carboxylic acids is 1. The SMILES string of the molecule is CCC(=O)Nc1ccc(Cl)c(NCc2ccc(C)cn2)c1. The number of halogens is 1. The number of anilines is 2. The molecule has 2 N–H and O–H groups in total. The first kappa shape index (κ1) is 15.3. The fourth-order valence-electron chi connectivity index (χ4n) is 1.78. The molecule has 0 saturated heterocycles. The molecule has 5 heteroatoms. The van der Waals surface area contributed by atoms with Crippen molar-refractivity contribution in [1.29, 1.82) is 0 Å². The van der Waals surface area contributed by atoms with Gasteiger partial charge in [-0.1, -0.05) is 24.6 Å². The standard InChI is InChI=1S/C16H18ClN3O/c1-3-16(21)20-12-6-7-14(17)15(8-12)19-10-13-5-4-11(2)9-18-13/h4-9,19H,3,10H2,1-2H3,(H,20,21). The normalized spacial score (nSPS) is 10.2. The molecule has 0 spiro atoms. The molecule has 0 radical (unpaired) electrons. The van der Waals surface area contributed by atoms with Gasteiger partial charge in [-0.05, 0) is 36.8 Å². The second kappa shape index (κ2) is 7.09. The maximum Gasteiger partial charge on any atom is 0.224 e. The van der Waals surface area contributed by atoms with Gasteiger partial charge >= 0.3 is 0 Å². The van der Waals surface area contributed by atoms with Gasteiger partial charge in [-0.3, -0.25) is 9.78 Å². The van der Waals surface area contributed by atoms with Crippen LogP contribution in [0, 0.1) is 6.92 Å². The van der Waals surface area contributed by atoms with Gasteiger partial charge in [-0.15, -0.1) is 0 Å². The Bertz CT molecular complexity index is 626. The fourth-order valence-corrected chi connectivity index (χ4v) is 1.96. The molecule has 0 aliphatic heterocycles. The largest absolute Gasteiger partial charge is 0.378 e. The molecule has 2 aromatic rings. The smallest absolute Gasteiger partial charge is 0.224 e. The molecule has 1 heterocycles. The number of nitrogens with zero attached hydrogens (tertiary/aromatic N) is 1. The third-order valence-corrected chi connectivity index (χ3v) is 3.33. The fraction of sp³-hybridized carbons (Fsp3) is 0.250. The van der Waals surface area contributed by atoms with Crippen molar-refractivity contribution in [1.82, 2.24) is 4.98 Å². The lowest BCUT2D eigenvalue weighted by Gasteiger charge is -2.11. The van der Waals surface area contributed by atoms with Crippen LogP contribution in [-0.2, 0) is 11.3 Å². The molecule has 110 valence electrons. The topological polar surface area (TPSA) is 54.0 Å². The van der Waals surface area contributed by atoms with E-state index >= 15 is 0 Å². The molecule has 0 saturated carbocycles. The Morgan fingerprint density at radius 1 is 1.29 bits per heavy atom. The van der Waals surface area contributed by atoms with Gasteiger partial charge in [-0.25, -0.2) is 0 Å². The summed E-state index contributed by atoms with van der Waals surface area (Å²) >= 11 is 6.16. The lowest BCUT2D eigenvalue weighted by Crippen LogP contribution is -2.10. The highest BCUT2D eigenvalue weighted by molar-refractivity contribution is 6.33. The molecular formula is C16H18ClN3O. The number of pyridine rings is 1. The van der Waals surface area contributed by atoms with Crippen molar-refractivity contribution in [3.8, 4) is 0 Å². The summed E-state index contributed by atoms with van der Waals surface area (Å²) in [7, 11) is 0. The van der Waals surface area contributed by atoms with Crippen molar-refractivity contribution >= 4 is 28.9 Å². The molecule has 4 nitrogen and oxygen atoms in total. The molecule has 0 aliphatic rings. The van der Waals surface area contributed by atoms with Crippen LogP contribution >= 0.6 is 11.6 Å². The molecule has 0 bridgehead atoms. The predicted octanol–water partition coefficient (Wildman–Crippen LogP) is 4.00. The predicted molar refractivity (Wildman–Crippen MR) is 86.7 cm³/mol. The molecule has 1 amide bonds. The zero-order chi connectivity index (χ0) is 15.2. The quantitative estimate of drug-likeness (QED) is 0.877. The van der Waals surface area contributed by atoms with E-state index in [2.05, 4.69) is 15.6 Å². The van der Waals surface area contributed by atoms with Crippen molar-refractivity contribution in [2.75, 3.05) is 10.6 Å². The summed E-state index contributed by atoms with van der Waals surface area (Å²) in [5.41, 5.74) is 3.55. The summed E-state index contributed by atoms with van der Waals surface area (Å²) in [5, 5.41) is 6.65. The van der Waals surface area contributed by atoms with Crippen molar-refractivity contribution < 1.29 is 4.79 Å². The van der Waals surface area contributed by atoms with Crippen LogP contribution in [0.25, 0.3) is 0 Å².